The van der Waals surface area contributed by atoms with E-state index in [0.717, 1.165) is 29.4 Å². The minimum absolute atomic E-state index is 0.0614. The molecule has 0 aliphatic heterocycles. The molecule has 0 aromatic heterocycles. The minimum atomic E-state index is 0.0614. The van der Waals surface area contributed by atoms with E-state index in [1.54, 1.807) is 0 Å². The number of aliphatic hydroxyl groups is 1. The Kier molecular flexibility index (Phi) is 6.51. The molecule has 0 spiro atoms. The molecular weight excluding hydrogens is 246 g/mol. The topological polar surface area (TPSA) is 23.5 Å². The third-order valence-corrected chi connectivity index (χ3v) is 3.81. The number of benzene rings is 1. The number of hydrogen-bond donors (Lipinski definition) is 1. The van der Waals surface area contributed by atoms with E-state index in [2.05, 4.69) is 25.7 Å². The van der Waals surface area contributed by atoms with Gasteiger partial charge in [-0.25, -0.2) is 0 Å². The third-order valence-electron chi connectivity index (χ3n) is 3.57. The van der Waals surface area contributed by atoms with E-state index in [1.807, 2.05) is 18.2 Å². The molecule has 0 saturated heterocycles. The average molecular weight is 270 g/mol. The summed E-state index contributed by atoms with van der Waals surface area (Å²) in [5, 5.41) is 10.2. The monoisotopic (exact) mass is 269 g/mol. The molecule has 2 nitrogen and oxygen atoms in total. The van der Waals surface area contributed by atoms with E-state index < -0.39 is 0 Å². The Labute approximate surface area is 116 Å². The lowest BCUT2D eigenvalue weighted by atomic mass is 10.0. The van der Waals surface area contributed by atoms with Crippen molar-refractivity contribution in [2.24, 2.45) is 5.92 Å². The summed E-state index contributed by atoms with van der Waals surface area (Å²) in [5.41, 5.74) is 2.02. The van der Waals surface area contributed by atoms with E-state index >= 15 is 0 Å². The van der Waals surface area contributed by atoms with Gasteiger partial charge in [0.15, 0.2) is 0 Å². The molecule has 1 N–H and O–H groups in total. The molecular formula is C15H24ClNO. The molecule has 0 aliphatic rings. The molecule has 0 saturated carbocycles. The van der Waals surface area contributed by atoms with Gasteiger partial charge in [-0.05, 0) is 25.0 Å². The van der Waals surface area contributed by atoms with Crippen LogP contribution in [0.5, 0.6) is 0 Å². The van der Waals surface area contributed by atoms with Gasteiger partial charge >= 0.3 is 0 Å². The SMILES string of the molecule is CCC(CC)CN(CC)c1cc(Cl)ccc1CO. The first kappa shape index (κ1) is 15.3. The van der Waals surface area contributed by atoms with E-state index in [0.29, 0.717) is 5.92 Å². The molecule has 1 aromatic carbocycles. The van der Waals surface area contributed by atoms with Crippen LogP contribution in [-0.4, -0.2) is 18.2 Å². The highest BCUT2D eigenvalue weighted by molar-refractivity contribution is 6.30. The van der Waals surface area contributed by atoms with Crippen LogP contribution in [0, 0.1) is 5.92 Å². The van der Waals surface area contributed by atoms with Crippen LogP contribution in [0.25, 0.3) is 0 Å². The summed E-state index contributed by atoms with van der Waals surface area (Å²) in [7, 11) is 0. The summed E-state index contributed by atoms with van der Waals surface area (Å²) < 4.78 is 0. The molecule has 0 radical (unpaired) electrons. The lowest BCUT2D eigenvalue weighted by Gasteiger charge is -2.29. The van der Waals surface area contributed by atoms with E-state index in [-0.39, 0.29) is 6.61 Å². The Balaban J connectivity index is 2.96. The van der Waals surface area contributed by atoms with Gasteiger partial charge in [-0.15, -0.1) is 0 Å². The zero-order chi connectivity index (χ0) is 13.5. The summed E-state index contributed by atoms with van der Waals surface area (Å²) in [4.78, 5) is 2.31. The molecule has 0 bridgehead atoms. The number of aliphatic hydroxyl groups excluding tert-OH is 1. The Bertz CT molecular complexity index is 364. The van der Waals surface area contributed by atoms with Crippen LogP contribution in [0.15, 0.2) is 18.2 Å². The van der Waals surface area contributed by atoms with Crippen molar-refractivity contribution in [3.05, 3.63) is 28.8 Å². The van der Waals surface area contributed by atoms with Crippen molar-refractivity contribution in [2.45, 2.75) is 40.2 Å². The number of hydrogen-bond acceptors (Lipinski definition) is 2. The van der Waals surface area contributed by atoms with Crippen LogP contribution in [0.4, 0.5) is 5.69 Å². The van der Waals surface area contributed by atoms with Gasteiger partial charge in [-0.1, -0.05) is 44.4 Å². The maximum atomic E-state index is 9.43. The number of nitrogens with zero attached hydrogens (tertiary/aromatic N) is 1. The van der Waals surface area contributed by atoms with Gasteiger partial charge in [0, 0.05) is 29.4 Å². The molecule has 0 amide bonds. The van der Waals surface area contributed by atoms with Gasteiger partial charge in [-0.3, -0.25) is 0 Å². The standard InChI is InChI=1S/C15H24ClNO/c1-4-12(5-2)10-17(6-3)15-9-14(16)8-7-13(15)11-18/h7-9,12,18H,4-6,10-11H2,1-3H3. The van der Waals surface area contributed by atoms with Gasteiger partial charge in [-0.2, -0.15) is 0 Å². The molecule has 0 fully saturated rings. The zero-order valence-corrected chi connectivity index (χ0v) is 12.4. The smallest absolute Gasteiger partial charge is 0.0702 e. The number of anilines is 1. The molecule has 0 heterocycles. The third kappa shape index (κ3) is 3.89. The Morgan fingerprint density at radius 3 is 2.39 bits per heavy atom. The van der Waals surface area contributed by atoms with Crippen molar-refractivity contribution in [1.82, 2.24) is 0 Å². The van der Waals surface area contributed by atoms with E-state index in [1.165, 1.54) is 12.8 Å². The number of halogens is 1. The second kappa shape index (κ2) is 7.65. The fourth-order valence-corrected chi connectivity index (χ4v) is 2.39. The van der Waals surface area contributed by atoms with Crippen LogP contribution in [0.1, 0.15) is 39.2 Å². The first-order valence-corrected chi connectivity index (χ1v) is 7.18. The highest BCUT2D eigenvalue weighted by Crippen LogP contribution is 2.26. The summed E-state index contributed by atoms with van der Waals surface area (Å²) in [6, 6.07) is 5.70. The maximum absolute atomic E-state index is 9.43. The fraction of sp³-hybridized carbons (Fsp3) is 0.600. The zero-order valence-electron chi connectivity index (χ0n) is 11.6. The van der Waals surface area contributed by atoms with Gasteiger partial charge < -0.3 is 10.0 Å². The quantitative estimate of drug-likeness (QED) is 0.806. The second-order valence-corrected chi connectivity index (χ2v) is 5.09. The maximum Gasteiger partial charge on any atom is 0.0702 e. The largest absolute Gasteiger partial charge is 0.392 e. The molecule has 18 heavy (non-hydrogen) atoms. The van der Waals surface area contributed by atoms with Gasteiger partial charge in [0.25, 0.3) is 0 Å². The first-order chi connectivity index (χ1) is 8.65. The Morgan fingerprint density at radius 2 is 1.89 bits per heavy atom. The molecule has 102 valence electrons. The minimum Gasteiger partial charge on any atom is -0.392 e. The van der Waals surface area contributed by atoms with Gasteiger partial charge in [0.05, 0.1) is 6.61 Å². The normalized spacial score (nSPS) is 11.0. The van der Waals surface area contributed by atoms with Crippen LogP contribution < -0.4 is 4.90 Å². The highest BCUT2D eigenvalue weighted by atomic mass is 35.5. The first-order valence-electron chi connectivity index (χ1n) is 6.80. The molecule has 0 unspecified atom stereocenters. The van der Waals surface area contributed by atoms with Crippen LogP contribution >= 0.6 is 11.6 Å². The number of rotatable bonds is 7. The summed E-state index contributed by atoms with van der Waals surface area (Å²) in [5.74, 6) is 0.690. The van der Waals surface area contributed by atoms with Crippen molar-refractivity contribution >= 4 is 17.3 Å². The van der Waals surface area contributed by atoms with Crippen molar-refractivity contribution in [3.63, 3.8) is 0 Å². The highest BCUT2D eigenvalue weighted by Gasteiger charge is 2.14. The van der Waals surface area contributed by atoms with Crippen molar-refractivity contribution in [2.75, 3.05) is 18.0 Å². The molecule has 0 atom stereocenters. The summed E-state index contributed by atoms with van der Waals surface area (Å²) in [6.07, 6.45) is 2.37. The van der Waals surface area contributed by atoms with Crippen molar-refractivity contribution < 1.29 is 5.11 Å². The van der Waals surface area contributed by atoms with Crippen LogP contribution in [0.2, 0.25) is 5.02 Å². The van der Waals surface area contributed by atoms with E-state index in [4.69, 9.17) is 11.6 Å². The van der Waals surface area contributed by atoms with Gasteiger partial charge in [0.1, 0.15) is 0 Å². The molecule has 3 heteroatoms. The summed E-state index contributed by atoms with van der Waals surface area (Å²) in [6.45, 7) is 8.62. The van der Waals surface area contributed by atoms with Crippen molar-refractivity contribution in [1.29, 1.82) is 0 Å². The van der Waals surface area contributed by atoms with Crippen LogP contribution in [0.3, 0.4) is 0 Å². The lowest BCUT2D eigenvalue weighted by Crippen LogP contribution is -2.29. The fourth-order valence-electron chi connectivity index (χ4n) is 2.22. The van der Waals surface area contributed by atoms with Crippen LogP contribution in [-0.2, 0) is 6.61 Å². The van der Waals surface area contributed by atoms with Crippen molar-refractivity contribution in [3.8, 4) is 0 Å². The Hall–Kier alpha value is -0.730. The molecule has 1 rings (SSSR count). The Morgan fingerprint density at radius 1 is 1.22 bits per heavy atom. The predicted molar refractivity (Wildman–Crippen MR) is 79.3 cm³/mol. The molecule has 0 aliphatic carbocycles. The van der Waals surface area contributed by atoms with Gasteiger partial charge in [0.2, 0.25) is 0 Å². The second-order valence-electron chi connectivity index (χ2n) is 4.65. The average Bonchev–Trinajstić information content (AvgIpc) is 2.40. The summed E-state index contributed by atoms with van der Waals surface area (Å²) >= 11 is 6.07. The van der Waals surface area contributed by atoms with E-state index in [9.17, 15) is 5.11 Å². The predicted octanol–water partition coefficient (Wildman–Crippen LogP) is 4.09. The lowest BCUT2D eigenvalue weighted by molar-refractivity contribution is 0.282. The molecule has 1 aromatic rings.